The van der Waals surface area contributed by atoms with Crippen LogP contribution in [0.2, 0.25) is 0 Å². The molecule has 4 unspecified atom stereocenters. The van der Waals surface area contributed by atoms with Gasteiger partial charge in [-0.05, 0) is 32.7 Å². The summed E-state index contributed by atoms with van der Waals surface area (Å²) in [6.07, 6.45) is 1.33. The Morgan fingerprint density at radius 1 is 1.12 bits per heavy atom. The average Bonchev–Trinajstić information content (AvgIpc) is 2.53. The predicted octanol–water partition coefficient (Wildman–Crippen LogP) is 1.16. The van der Waals surface area contributed by atoms with Crippen LogP contribution in [0.3, 0.4) is 0 Å². The second-order valence-corrected chi connectivity index (χ2v) is 4.97. The van der Waals surface area contributed by atoms with E-state index in [1.165, 1.54) is 0 Å². The van der Waals surface area contributed by atoms with Crippen molar-refractivity contribution in [3.63, 3.8) is 0 Å². The first-order chi connectivity index (χ1) is 8.07. The van der Waals surface area contributed by atoms with Gasteiger partial charge in [0, 0.05) is 13.1 Å². The van der Waals surface area contributed by atoms with Crippen molar-refractivity contribution in [3.8, 4) is 0 Å². The molecule has 4 heteroatoms. The molecular weight excluding hydrogens is 216 g/mol. The zero-order chi connectivity index (χ0) is 12.8. The summed E-state index contributed by atoms with van der Waals surface area (Å²) in [5.74, 6) is 0.428. The molecular formula is C13H26N2O2. The summed E-state index contributed by atoms with van der Waals surface area (Å²) in [4.78, 5) is 12.0. The summed E-state index contributed by atoms with van der Waals surface area (Å²) >= 11 is 0. The smallest absolute Gasteiger partial charge is 0.226 e. The standard InChI is InChI=1S/C13H26N2O2/c1-5-6-14-7-8-15-13(16)12-9(2)10(3)17-11(12)4/h9-12,14H,5-8H2,1-4H3,(H,15,16). The number of hydrogen-bond acceptors (Lipinski definition) is 3. The van der Waals surface area contributed by atoms with Crippen molar-refractivity contribution in [1.82, 2.24) is 10.6 Å². The molecule has 1 rings (SSSR count). The zero-order valence-corrected chi connectivity index (χ0v) is 11.5. The minimum Gasteiger partial charge on any atom is -0.374 e. The topological polar surface area (TPSA) is 50.4 Å². The van der Waals surface area contributed by atoms with Gasteiger partial charge in [0.05, 0.1) is 18.1 Å². The molecule has 0 aromatic heterocycles. The van der Waals surface area contributed by atoms with Gasteiger partial charge in [-0.1, -0.05) is 13.8 Å². The fourth-order valence-corrected chi connectivity index (χ4v) is 2.41. The van der Waals surface area contributed by atoms with Crippen LogP contribution in [0.15, 0.2) is 0 Å². The fraction of sp³-hybridized carbons (Fsp3) is 0.923. The van der Waals surface area contributed by atoms with Crippen LogP contribution in [0.25, 0.3) is 0 Å². The summed E-state index contributed by atoms with van der Waals surface area (Å²) in [7, 11) is 0. The maximum absolute atomic E-state index is 12.0. The molecule has 100 valence electrons. The molecule has 0 aromatic rings. The largest absolute Gasteiger partial charge is 0.374 e. The van der Waals surface area contributed by atoms with E-state index in [2.05, 4.69) is 24.5 Å². The lowest BCUT2D eigenvalue weighted by molar-refractivity contribution is -0.127. The molecule has 1 saturated heterocycles. The van der Waals surface area contributed by atoms with Gasteiger partial charge >= 0.3 is 0 Å². The minimum absolute atomic E-state index is 0.00354. The van der Waals surface area contributed by atoms with Gasteiger partial charge in [-0.3, -0.25) is 4.79 Å². The molecule has 17 heavy (non-hydrogen) atoms. The van der Waals surface area contributed by atoms with Crippen molar-refractivity contribution in [2.75, 3.05) is 19.6 Å². The molecule has 4 atom stereocenters. The van der Waals surface area contributed by atoms with Crippen molar-refractivity contribution < 1.29 is 9.53 Å². The number of rotatable bonds is 6. The van der Waals surface area contributed by atoms with Crippen molar-refractivity contribution in [2.24, 2.45) is 11.8 Å². The van der Waals surface area contributed by atoms with Crippen LogP contribution in [-0.2, 0) is 9.53 Å². The predicted molar refractivity (Wildman–Crippen MR) is 68.8 cm³/mol. The Kier molecular flexibility index (Phi) is 5.92. The Balaban J connectivity index is 2.27. The van der Waals surface area contributed by atoms with Crippen LogP contribution in [-0.4, -0.2) is 37.7 Å². The van der Waals surface area contributed by atoms with Crippen molar-refractivity contribution in [3.05, 3.63) is 0 Å². The molecule has 1 heterocycles. The minimum atomic E-state index is -0.00354. The van der Waals surface area contributed by atoms with E-state index in [0.717, 1.165) is 19.5 Å². The van der Waals surface area contributed by atoms with Gasteiger partial charge in [-0.15, -0.1) is 0 Å². The van der Waals surface area contributed by atoms with Gasteiger partial charge in [-0.25, -0.2) is 0 Å². The van der Waals surface area contributed by atoms with Crippen LogP contribution >= 0.6 is 0 Å². The average molecular weight is 242 g/mol. The highest BCUT2D eigenvalue weighted by Crippen LogP contribution is 2.31. The van der Waals surface area contributed by atoms with Crippen LogP contribution < -0.4 is 10.6 Å². The van der Waals surface area contributed by atoms with Crippen LogP contribution in [0.4, 0.5) is 0 Å². The maximum atomic E-state index is 12.0. The SMILES string of the molecule is CCCNCCNC(=O)C1C(C)OC(C)C1C. The van der Waals surface area contributed by atoms with Crippen LogP contribution in [0.1, 0.15) is 34.1 Å². The summed E-state index contributed by atoms with van der Waals surface area (Å²) in [6, 6.07) is 0. The monoisotopic (exact) mass is 242 g/mol. The third kappa shape index (κ3) is 3.96. The first-order valence-corrected chi connectivity index (χ1v) is 6.71. The number of amides is 1. The van der Waals surface area contributed by atoms with Crippen LogP contribution in [0.5, 0.6) is 0 Å². The highest BCUT2D eigenvalue weighted by molar-refractivity contribution is 5.79. The molecule has 1 aliphatic rings. The van der Waals surface area contributed by atoms with E-state index in [0.29, 0.717) is 12.5 Å². The molecule has 1 amide bonds. The van der Waals surface area contributed by atoms with Gasteiger partial charge in [-0.2, -0.15) is 0 Å². The summed E-state index contributed by atoms with van der Waals surface area (Å²) in [5.41, 5.74) is 0. The van der Waals surface area contributed by atoms with E-state index in [9.17, 15) is 4.79 Å². The lowest BCUT2D eigenvalue weighted by Crippen LogP contribution is -2.40. The third-order valence-corrected chi connectivity index (χ3v) is 3.57. The normalized spacial score (nSPS) is 32.7. The second-order valence-electron chi connectivity index (χ2n) is 4.97. The van der Waals surface area contributed by atoms with E-state index in [1.54, 1.807) is 0 Å². The van der Waals surface area contributed by atoms with Crippen molar-refractivity contribution in [1.29, 1.82) is 0 Å². The molecule has 4 nitrogen and oxygen atoms in total. The number of hydrogen-bond donors (Lipinski definition) is 2. The van der Waals surface area contributed by atoms with E-state index in [1.807, 2.05) is 13.8 Å². The number of ether oxygens (including phenoxy) is 1. The number of carbonyl (C=O) groups is 1. The Morgan fingerprint density at radius 3 is 2.35 bits per heavy atom. The summed E-state index contributed by atoms with van der Waals surface area (Å²) in [5, 5.41) is 6.25. The van der Waals surface area contributed by atoms with E-state index < -0.39 is 0 Å². The first-order valence-electron chi connectivity index (χ1n) is 6.71. The molecule has 1 fully saturated rings. The second kappa shape index (κ2) is 6.97. The van der Waals surface area contributed by atoms with Gasteiger partial charge < -0.3 is 15.4 Å². The molecule has 0 aromatic carbocycles. The highest BCUT2D eigenvalue weighted by Gasteiger charge is 2.41. The van der Waals surface area contributed by atoms with Gasteiger partial charge in [0.2, 0.25) is 5.91 Å². The summed E-state index contributed by atoms with van der Waals surface area (Å²) in [6.45, 7) is 10.8. The molecule has 0 spiro atoms. The van der Waals surface area contributed by atoms with Crippen molar-refractivity contribution in [2.45, 2.75) is 46.3 Å². The number of carbonyl (C=O) groups excluding carboxylic acids is 1. The van der Waals surface area contributed by atoms with Crippen molar-refractivity contribution >= 4 is 5.91 Å². The van der Waals surface area contributed by atoms with Gasteiger partial charge in [0.15, 0.2) is 0 Å². The lowest BCUT2D eigenvalue weighted by atomic mass is 9.89. The molecule has 0 aliphatic carbocycles. The van der Waals surface area contributed by atoms with Gasteiger partial charge in [0.25, 0.3) is 0 Å². The Morgan fingerprint density at radius 2 is 1.82 bits per heavy atom. The molecule has 1 aliphatic heterocycles. The maximum Gasteiger partial charge on any atom is 0.226 e. The Bertz CT molecular complexity index is 246. The molecule has 0 radical (unpaired) electrons. The third-order valence-electron chi connectivity index (χ3n) is 3.57. The summed E-state index contributed by atoms with van der Waals surface area (Å²) < 4.78 is 5.68. The molecule has 0 saturated carbocycles. The Labute approximate surface area is 104 Å². The highest BCUT2D eigenvalue weighted by atomic mass is 16.5. The zero-order valence-electron chi connectivity index (χ0n) is 11.5. The van der Waals surface area contributed by atoms with E-state index in [4.69, 9.17) is 4.74 Å². The number of nitrogens with one attached hydrogen (secondary N) is 2. The van der Waals surface area contributed by atoms with E-state index in [-0.39, 0.29) is 24.0 Å². The quantitative estimate of drug-likeness (QED) is 0.687. The van der Waals surface area contributed by atoms with E-state index >= 15 is 0 Å². The van der Waals surface area contributed by atoms with Gasteiger partial charge in [0.1, 0.15) is 0 Å². The molecule has 0 bridgehead atoms. The Hall–Kier alpha value is -0.610. The fourth-order valence-electron chi connectivity index (χ4n) is 2.41. The lowest BCUT2D eigenvalue weighted by Gasteiger charge is -2.18. The van der Waals surface area contributed by atoms with Crippen LogP contribution in [0, 0.1) is 11.8 Å². The first kappa shape index (κ1) is 14.5. The molecule has 2 N–H and O–H groups in total.